The summed E-state index contributed by atoms with van der Waals surface area (Å²) in [5, 5.41) is 6.83. The van der Waals surface area contributed by atoms with Crippen LogP contribution >= 0.6 is 24.0 Å². The molecule has 1 aromatic rings. The van der Waals surface area contributed by atoms with Crippen molar-refractivity contribution in [2.75, 3.05) is 33.4 Å². The van der Waals surface area contributed by atoms with Crippen LogP contribution < -0.4 is 15.4 Å². The van der Waals surface area contributed by atoms with Crippen LogP contribution in [0.3, 0.4) is 0 Å². The summed E-state index contributed by atoms with van der Waals surface area (Å²) < 4.78 is 11.6. The Morgan fingerprint density at radius 1 is 1.24 bits per heavy atom. The van der Waals surface area contributed by atoms with E-state index < -0.39 is 0 Å². The van der Waals surface area contributed by atoms with Crippen LogP contribution in [-0.2, 0) is 11.3 Å². The van der Waals surface area contributed by atoms with E-state index in [9.17, 15) is 0 Å². The standard InChI is InChI=1S/C22H38N4O2.HI/c1-16(2)26(17(3)4)11-10-24-22(23-6)25-14-19-8-7-18(5)13-21(19)28-20-9-12-27-15-20;/h7-8,13,16-17,20H,9-12,14-15H2,1-6H3,(H2,23,24,25);1H. The van der Waals surface area contributed by atoms with Gasteiger partial charge in [0.1, 0.15) is 11.9 Å². The fourth-order valence-electron chi connectivity index (χ4n) is 3.52. The molecule has 1 aliphatic heterocycles. The highest BCUT2D eigenvalue weighted by Gasteiger charge is 2.19. The summed E-state index contributed by atoms with van der Waals surface area (Å²) in [7, 11) is 1.81. The largest absolute Gasteiger partial charge is 0.488 e. The molecule has 0 radical (unpaired) electrons. The van der Waals surface area contributed by atoms with Gasteiger partial charge in [-0.1, -0.05) is 12.1 Å². The maximum absolute atomic E-state index is 6.19. The number of guanidine groups is 1. The van der Waals surface area contributed by atoms with E-state index in [1.807, 2.05) is 0 Å². The number of halogens is 1. The first-order chi connectivity index (χ1) is 13.4. The molecule has 0 saturated carbocycles. The number of ether oxygens (including phenoxy) is 2. The summed E-state index contributed by atoms with van der Waals surface area (Å²) >= 11 is 0. The molecule has 0 aromatic heterocycles. The maximum Gasteiger partial charge on any atom is 0.191 e. The molecule has 1 aromatic carbocycles. The van der Waals surface area contributed by atoms with E-state index >= 15 is 0 Å². The number of nitrogens with zero attached hydrogens (tertiary/aromatic N) is 2. The lowest BCUT2D eigenvalue weighted by atomic mass is 10.1. The lowest BCUT2D eigenvalue weighted by molar-refractivity contribution is 0.140. The molecule has 1 fully saturated rings. The van der Waals surface area contributed by atoms with Crippen molar-refractivity contribution < 1.29 is 9.47 Å². The fourth-order valence-corrected chi connectivity index (χ4v) is 3.52. The van der Waals surface area contributed by atoms with Gasteiger partial charge < -0.3 is 20.1 Å². The van der Waals surface area contributed by atoms with Crippen LogP contribution in [0.4, 0.5) is 0 Å². The lowest BCUT2D eigenvalue weighted by Crippen LogP contribution is -2.45. The highest BCUT2D eigenvalue weighted by atomic mass is 127. The number of hydrogen-bond donors (Lipinski definition) is 2. The molecule has 1 heterocycles. The van der Waals surface area contributed by atoms with Gasteiger partial charge in [0.15, 0.2) is 5.96 Å². The zero-order valence-corrected chi connectivity index (χ0v) is 21.2. The Morgan fingerprint density at radius 2 is 1.97 bits per heavy atom. The van der Waals surface area contributed by atoms with Gasteiger partial charge in [-0.05, 0) is 46.2 Å². The van der Waals surface area contributed by atoms with E-state index in [1.54, 1.807) is 7.05 Å². The Hall–Kier alpha value is -1.06. The normalized spacial score (nSPS) is 17.0. The third-order valence-electron chi connectivity index (χ3n) is 5.06. The Kier molecular flexibility index (Phi) is 11.9. The predicted octanol–water partition coefficient (Wildman–Crippen LogP) is 3.56. The Balaban J connectivity index is 0.00000420. The first-order valence-electron chi connectivity index (χ1n) is 10.4. The van der Waals surface area contributed by atoms with Crippen molar-refractivity contribution in [3.05, 3.63) is 29.3 Å². The van der Waals surface area contributed by atoms with E-state index in [0.717, 1.165) is 43.4 Å². The van der Waals surface area contributed by atoms with Crippen LogP contribution in [0.2, 0.25) is 0 Å². The van der Waals surface area contributed by atoms with Crippen LogP contribution in [-0.4, -0.2) is 62.4 Å². The lowest BCUT2D eigenvalue weighted by Gasteiger charge is -2.30. The van der Waals surface area contributed by atoms with Crippen molar-refractivity contribution in [3.8, 4) is 5.75 Å². The molecule has 2 rings (SSSR count). The smallest absolute Gasteiger partial charge is 0.191 e. The second-order valence-corrected chi connectivity index (χ2v) is 7.99. The molecule has 1 saturated heterocycles. The molecular weight excluding hydrogens is 479 g/mol. The zero-order chi connectivity index (χ0) is 20.5. The number of hydrogen-bond acceptors (Lipinski definition) is 4. The molecule has 7 heteroatoms. The van der Waals surface area contributed by atoms with E-state index in [4.69, 9.17) is 9.47 Å². The number of rotatable bonds is 9. The number of benzene rings is 1. The van der Waals surface area contributed by atoms with Crippen molar-refractivity contribution in [2.24, 2.45) is 4.99 Å². The van der Waals surface area contributed by atoms with Crippen LogP contribution in [0.1, 0.15) is 45.2 Å². The first kappa shape index (κ1) is 26.0. The monoisotopic (exact) mass is 518 g/mol. The number of aliphatic imine (C=N–C) groups is 1. The molecule has 166 valence electrons. The molecule has 0 bridgehead atoms. The minimum atomic E-state index is 0. The molecule has 0 amide bonds. The van der Waals surface area contributed by atoms with Crippen molar-refractivity contribution in [3.63, 3.8) is 0 Å². The van der Waals surface area contributed by atoms with Crippen molar-refractivity contribution in [1.82, 2.24) is 15.5 Å². The van der Waals surface area contributed by atoms with Gasteiger partial charge in [-0.2, -0.15) is 0 Å². The van der Waals surface area contributed by atoms with E-state index in [2.05, 4.69) is 73.3 Å². The van der Waals surface area contributed by atoms with Gasteiger partial charge in [0.05, 0.1) is 13.2 Å². The summed E-state index contributed by atoms with van der Waals surface area (Å²) in [6.07, 6.45) is 1.10. The van der Waals surface area contributed by atoms with Gasteiger partial charge in [0.2, 0.25) is 0 Å². The highest BCUT2D eigenvalue weighted by molar-refractivity contribution is 14.0. The number of aryl methyl sites for hydroxylation is 1. The Labute approximate surface area is 193 Å². The van der Waals surface area contributed by atoms with Gasteiger partial charge in [-0.3, -0.25) is 9.89 Å². The second-order valence-electron chi connectivity index (χ2n) is 7.99. The van der Waals surface area contributed by atoms with Crippen LogP contribution in [0.25, 0.3) is 0 Å². The minimum absolute atomic E-state index is 0. The van der Waals surface area contributed by atoms with Crippen molar-refractivity contribution >= 4 is 29.9 Å². The summed E-state index contributed by atoms with van der Waals surface area (Å²) in [6, 6.07) is 7.41. The van der Waals surface area contributed by atoms with E-state index in [0.29, 0.717) is 25.2 Å². The molecule has 0 aliphatic carbocycles. The molecule has 1 atom stereocenters. The molecule has 29 heavy (non-hydrogen) atoms. The molecule has 1 unspecified atom stereocenters. The minimum Gasteiger partial charge on any atom is -0.488 e. The average molecular weight is 518 g/mol. The zero-order valence-electron chi connectivity index (χ0n) is 18.8. The third-order valence-corrected chi connectivity index (χ3v) is 5.06. The first-order valence-corrected chi connectivity index (χ1v) is 10.4. The van der Waals surface area contributed by atoms with Gasteiger partial charge in [0.25, 0.3) is 0 Å². The SMILES string of the molecule is CN=C(NCCN(C(C)C)C(C)C)NCc1ccc(C)cc1OC1CCOC1.I. The molecular formula is C22H39IN4O2. The third kappa shape index (κ3) is 8.68. The summed E-state index contributed by atoms with van der Waals surface area (Å²) in [5.74, 6) is 1.74. The van der Waals surface area contributed by atoms with E-state index in [1.165, 1.54) is 5.56 Å². The Bertz CT molecular complexity index is 623. The van der Waals surface area contributed by atoms with Crippen molar-refractivity contribution in [2.45, 2.75) is 65.8 Å². The van der Waals surface area contributed by atoms with E-state index in [-0.39, 0.29) is 30.1 Å². The van der Waals surface area contributed by atoms with Crippen LogP contribution in [0.5, 0.6) is 5.75 Å². The molecule has 0 spiro atoms. The van der Waals surface area contributed by atoms with Crippen LogP contribution in [0, 0.1) is 6.92 Å². The Morgan fingerprint density at radius 3 is 2.55 bits per heavy atom. The van der Waals surface area contributed by atoms with Gasteiger partial charge >= 0.3 is 0 Å². The average Bonchev–Trinajstić information content (AvgIpc) is 3.15. The summed E-state index contributed by atoms with van der Waals surface area (Å²) in [6.45, 7) is 15.0. The summed E-state index contributed by atoms with van der Waals surface area (Å²) in [5.41, 5.74) is 2.33. The maximum atomic E-state index is 6.19. The molecule has 6 nitrogen and oxygen atoms in total. The molecule has 1 aliphatic rings. The predicted molar refractivity (Wildman–Crippen MR) is 132 cm³/mol. The summed E-state index contributed by atoms with van der Waals surface area (Å²) in [4.78, 5) is 6.82. The van der Waals surface area contributed by atoms with Gasteiger partial charge in [-0.15, -0.1) is 24.0 Å². The van der Waals surface area contributed by atoms with Crippen molar-refractivity contribution in [1.29, 1.82) is 0 Å². The molecule has 2 N–H and O–H groups in total. The second kappa shape index (κ2) is 13.3. The van der Waals surface area contributed by atoms with Crippen LogP contribution in [0.15, 0.2) is 23.2 Å². The number of nitrogens with one attached hydrogen (secondary N) is 2. The quantitative estimate of drug-likeness (QED) is 0.298. The van der Waals surface area contributed by atoms with Gasteiger partial charge in [0, 0.05) is 50.7 Å². The van der Waals surface area contributed by atoms with Gasteiger partial charge in [-0.25, -0.2) is 0 Å². The fraction of sp³-hybridized carbons (Fsp3) is 0.682. The topological polar surface area (TPSA) is 58.1 Å². The highest BCUT2D eigenvalue weighted by Crippen LogP contribution is 2.23.